The number of hydrogen-bond donors (Lipinski definition) is 1. The fourth-order valence-electron chi connectivity index (χ4n) is 3.28. The van der Waals surface area contributed by atoms with Crippen LogP contribution in [0.15, 0.2) is 72.8 Å². The minimum atomic E-state index is -0.464. The Morgan fingerprint density at radius 1 is 0.969 bits per heavy atom. The smallest absolute Gasteiger partial charge is 0.258 e. The summed E-state index contributed by atoms with van der Waals surface area (Å²) in [5.74, 6) is -0.0876. The Morgan fingerprint density at radius 2 is 1.66 bits per heavy atom. The second-order valence-electron chi connectivity index (χ2n) is 7.44. The number of benzene rings is 3. The number of amides is 2. The molecule has 0 saturated carbocycles. The first-order valence-corrected chi connectivity index (χ1v) is 10.6. The monoisotopic (exact) mass is 434 g/mol. The van der Waals surface area contributed by atoms with Crippen molar-refractivity contribution in [3.63, 3.8) is 0 Å². The molecular formula is C26H27FN2O3. The van der Waals surface area contributed by atoms with E-state index in [2.05, 4.69) is 5.32 Å². The van der Waals surface area contributed by atoms with Crippen LogP contribution in [0.2, 0.25) is 0 Å². The van der Waals surface area contributed by atoms with Gasteiger partial charge in [-0.25, -0.2) is 4.39 Å². The molecule has 5 nitrogen and oxygen atoms in total. The van der Waals surface area contributed by atoms with Crippen LogP contribution in [-0.4, -0.2) is 25.5 Å². The zero-order chi connectivity index (χ0) is 22.9. The molecule has 3 rings (SSSR count). The van der Waals surface area contributed by atoms with Crippen molar-refractivity contribution in [2.45, 2.75) is 26.3 Å². The van der Waals surface area contributed by atoms with E-state index in [9.17, 15) is 14.0 Å². The molecule has 1 N–H and O–H groups in total. The summed E-state index contributed by atoms with van der Waals surface area (Å²) in [6.45, 7) is 2.95. The van der Waals surface area contributed by atoms with Crippen molar-refractivity contribution in [2.75, 3.05) is 18.6 Å². The van der Waals surface area contributed by atoms with E-state index in [1.54, 1.807) is 18.1 Å². The molecule has 0 aliphatic carbocycles. The molecule has 166 valence electrons. The molecule has 6 heteroatoms. The maximum absolute atomic E-state index is 13.7. The normalized spacial score (nSPS) is 10.5. The zero-order valence-corrected chi connectivity index (χ0v) is 18.3. The highest BCUT2D eigenvalue weighted by molar-refractivity contribution is 6.06. The Kier molecular flexibility index (Phi) is 7.97. The Morgan fingerprint density at radius 3 is 2.28 bits per heavy atom. The van der Waals surface area contributed by atoms with E-state index < -0.39 is 5.82 Å². The maximum Gasteiger partial charge on any atom is 0.258 e. The Labute approximate surface area is 187 Å². The molecule has 0 fully saturated rings. The van der Waals surface area contributed by atoms with E-state index in [0.29, 0.717) is 18.8 Å². The van der Waals surface area contributed by atoms with Gasteiger partial charge in [0.1, 0.15) is 11.6 Å². The third kappa shape index (κ3) is 6.17. The van der Waals surface area contributed by atoms with Gasteiger partial charge < -0.3 is 15.0 Å². The van der Waals surface area contributed by atoms with Crippen molar-refractivity contribution in [2.24, 2.45) is 0 Å². The number of carbonyl (C=O) groups excluding carboxylic acids is 2. The van der Waals surface area contributed by atoms with Gasteiger partial charge in [-0.05, 0) is 60.0 Å². The topological polar surface area (TPSA) is 58.6 Å². The van der Waals surface area contributed by atoms with Crippen molar-refractivity contribution < 1.29 is 18.7 Å². The molecule has 0 aliphatic heterocycles. The zero-order valence-electron chi connectivity index (χ0n) is 18.3. The first-order chi connectivity index (χ1) is 15.5. The number of anilines is 1. The molecule has 0 spiro atoms. The molecule has 0 aromatic heterocycles. The molecule has 2 amide bonds. The molecule has 0 saturated heterocycles. The van der Waals surface area contributed by atoms with Crippen LogP contribution in [0.5, 0.6) is 5.75 Å². The van der Waals surface area contributed by atoms with Crippen LogP contribution in [0.25, 0.3) is 0 Å². The van der Waals surface area contributed by atoms with Gasteiger partial charge in [0.2, 0.25) is 5.91 Å². The van der Waals surface area contributed by atoms with E-state index in [-0.39, 0.29) is 23.8 Å². The second kappa shape index (κ2) is 11.1. The minimum absolute atomic E-state index is 0.0365. The summed E-state index contributed by atoms with van der Waals surface area (Å²) in [6.07, 6.45) is 1.16. The minimum Gasteiger partial charge on any atom is -0.497 e. The van der Waals surface area contributed by atoms with Gasteiger partial charge >= 0.3 is 0 Å². The van der Waals surface area contributed by atoms with E-state index in [0.717, 1.165) is 23.3 Å². The number of methoxy groups -OCH3 is 1. The second-order valence-corrected chi connectivity index (χ2v) is 7.44. The summed E-state index contributed by atoms with van der Waals surface area (Å²) < 4.78 is 18.9. The summed E-state index contributed by atoms with van der Waals surface area (Å²) in [5, 5.41) is 2.86. The molecule has 0 unspecified atom stereocenters. The molecule has 3 aromatic carbocycles. The molecule has 0 heterocycles. The molecule has 0 bridgehead atoms. The van der Waals surface area contributed by atoms with Crippen LogP contribution in [0, 0.1) is 5.82 Å². The average molecular weight is 435 g/mol. The number of rotatable bonds is 9. The van der Waals surface area contributed by atoms with Gasteiger partial charge in [0, 0.05) is 17.8 Å². The van der Waals surface area contributed by atoms with E-state index in [1.165, 1.54) is 18.2 Å². The lowest BCUT2D eigenvalue weighted by Gasteiger charge is -2.24. The highest BCUT2D eigenvalue weighted by Crippen LogP contribution is 2.23. The highest BCUT2D eigenvalue weighted by Gasteiger charge is 2.19. The van der Waals surface area contributed by atoms with Crippen LogP contribution < -0.4 is 15.0 Å². The van der Waals surface area contributed by atoms with Crippen molar-refractivity contribution in [3.05, 3.63) is 95.3 Å². The summed E-state index contributed by atoms with van der Waals surface area (Å²) in [5.41, 5.74) is 2.68. The third-order valence-corrected chi connectivity index (χ3v) is 5.00. The van der Waals surface area contributed by atoms with Gasteiger partial charge in [0.15, 0.2) is 0 Å². The Balaban J connectivity index is 1.85. The predicted octanol–water partition coefficient (Wildman–Crippen LogP) is 4.75. The van der Waals surface area contributed by atoms with Crippen molar-refractivity contribution >= 4 is 17.5 Å². The molecule has 0 aliphatic rings. The Hall–Kier alpha value is -3.67. The van der Waals surface area contributed by atoms with Gasteiger partial charge in [-0.15, -0.1) is 0 Å². The lowest BCUT2D eigenvalue weighted by Crippen LogP contribution is -2.30. The quantitative estimate of drug-likeness (QED) is 0.529. The van der Waals surface area contributed by atoms with Gasteiger partial charge in [0.25, 0.3) is 5.91 Å². The van der Waals surface area contributed by atoms with Gasteiger partial charge in [-0.3, -0.25) is 9.59 Å². The summed E-state index contributed by atoms with van der Waals surface area (Å²) >= 11 is 0. The molecule has 32 heavy (non-hydrogen) atoms. The molecule has 3 aromatic rings. The van der Waals surface area contributed by atoms with Crippen LogP contribution in [0.3, 0.4) is 0 Å². The number of nitrogens with zero attached hydrogens (tertiary/aromatic N) is 1. The SMILES string of the molecule is CCCNC(=O)Cc1ccc(N(Cc2ccc(OC)cc2)C(=O)c2cccc(F)c2)cc1. The van der Waals surface area contributed by atoms with E-state index in [1.807, 2.05) is 55.5 Å². The fraction of sp³-hybridized carbons (Fsp3) is 0.231. The largest absolute Gasteiger partial charge is 0.497 e. The lowest BCUT2D eigenvalue weighted by molar-refractivity contribution is -0.120. The van der Waals surface area contributed by atoms with Gasteiger partial charge in [-0.2, -0.15) is 0 Å². The summed E-state index contributed by atoms with van der Waals surface area (Å²) in [6, 6.07) is 20.4. The van der Waals surface area contributed by atoms with Crippen LogP contribution in [0.1, 0.15) is 34.8 Å². The van der Waals surface area contributed by atoms with E-state index >= 15 is 0 Å². The number of hydrogen-bond acceptors (Lipinski definition) is 3. The number of ether oxygens (including phenoxy) is 1. The van der Waals surface area contributed by atoms with Crippen molar-refractivity contribution in [3.8, 4) is 5.75 Å². The number of halogens is 1. The maximum atomic E-state index is 13.7. The predicted molar refractivity (Wildman–Crippen MR) is 123 cm³/mol. The van der Waals surface area contributed by atoms with Crippen LogP contribution >= 0.6 is 0 Å². The first-order valence-electron chi connectivity index (χ1n) is 10.6. The third-order valence-electron chi connectivity index (χ3n) is 5.00. The fourth-order valence-corrected chi connectivity index (χ4v) is 3.28. The van der Waals surface area contributed by atoms with Gasteiger partial charge in [0.05, 0.1) is 20.1 Å². The summed E-state index contributed by atoms with van der Waals surface area (Å²) in [7, 11) is 1.60. The van der Waals surface area contributed by atoms with Crippen molar-refractivity contribution in [1.82, 2.24) is 5.32 Å². The Bertz CT molecular complexity index is 1050. The van der Waals surface area contributed by atoms with Crippen LogP contribution in [-0.2, 0) is 17.8 Å². The number of nitrogens with one attached hydrogen (secondary N) is 1. The van der Waals surface area contributed by atoms with Crippen molar-refractivity contribution in [1.29, 1.82) is 0 Å². The number of carbonyl (C=O) groups is 2. The average Bonchev–Trinajstić information content (AvgIpc) is 2.82. The van der Waals surface area contributed by atoms with Gasteiger partial charge in [-0.1, -0.05) is 37.3 Å². The molecular weight excluding hydrogens is 407 g/mol. The van der Waals surface area contributed by atoms with Crippen LogP contribution in [0.4, 0.5) is 10.1 Å². The lowest BCUT2D eigenvalue weighted by atomic mass is 10.1. The molecule has 0 atom stereocenters. The highest BCUT2D eigenvalue weighted by atomic mass is 19.1. The first kappa shape index (κ1) is 23.0. The molecule has 0 radical (unpaired) electrons. The van der Waals surface area contributed by atoms with E-state index in [4.69, 9.17) is 4.74 Å². The standard InChI is InChI=1S/C26H27FN2O3/c1-3-15-28-25(30)16-19-7-11-23(12-8-19)29(18-20-9-13-24(32-2)14-10-20)26(31)21-5-4-6-22(27)17-21/h4-14,17H,3,15-16,18H2,1-2H3,(H,28,30). The summed E-state index contributed by atoms with van der Waals surface area (Å²) in [4.78, 5) is 26.9.